The topological polar surface area (TPSA) is 55.1 Å². The Kier molecular flexibility index (Phi) is 5.29. The Morgan fingerprint density at radius 2 is 2.31 bits per heavy atom. The summed E-state index contributed by atoms with van der Waals surface area (Å²) in [7, 11) is 0. The molecular weight excluding hydrogens is 224 g/mol. The molecule has 1 rings (SSSR count). The molecule has 0 saturated carbocycles. The van der Waals surface area contributed by atoms with Crippen LogP contribution in [0.2, 0.25) is 0 Å². The van der Waals surface area contributed by atoms with Gasteiger partial charge in [0.05, 0.1) is 0 Å². The predicted octanol–water partition coefficient (Wildman–Crippen LogP) is 1.95. The second-order valence-electron chi connectivity index (χ2n) is 3.75. The highest BCUT2D eigenvalue weighted by molar-refractivity contribution is 6.18. The number of halogens is 1. The number of rotatable bonds is 5. The number of carbonyl (C=O) groups excluding carboxylic acids is 1. The van der Waals surface area contributed by atoms with Crippen molar-refractivity contribution in [1.82, 2.24) is 5.32 Å². The number of benzene rings is 1. The molecule has 1 aromatic carbocycles. The van der Waals surface area contributed by atoms with E-state index in [1.54, 1.807) is 0 Å². The van der Waals surface area contributed by atoms with E-state index >= 15 is 0 Å². The van der Waals surface area contributed by atoms with Gasteiger partial charge in [-0.2, -0.15) is 0 Å². The van der Waals surface area contributed by atoms with Crippen LogP contribution in [0.3, 0.4) is 0 Å². The summed E-state index contributed by atoms with van der Waals surface area (Å²) in [5, 5.41) is 2.80. The molecule has 0 aliphatic heterocycles. The van der Waals surface area contributed by atoms with Gasteiger partial charge in [-0.3, -0.25) is 4.79 Å². The maximum Gasteiger partial charge on any atom is 0.221 e. The van der Waals surface area contributed by atoms with E-state index in [0.29, 0.717) is 18.8 Å². The number of amides is 1. The van der Waals surface area contributed by atoms with Crippen molar-refractivity contribution >= 4 is 17.5 Å². The van der Waals surface area contributed by atoms with Gasteiger partial charge in [0.1, 0.15) is 0 Å². The Morgan fingerprint density at radius 3 is 2.94 bits per heavy atom. The molecular formula is C12H17ClN2O. The highest BCUT2D eigenvalue weighted by atomic mass is 35.5. The van der Waals surface area contributed by atoms with Crippen LogP contribution in [-0.2, 0) is 11.3 Å². The fourth-order valence-electron chi connectivity index (χ4n) is 1.36. The molecule has 0 aromatic heterocycles. The van der Waals surface area contributed by atoms with Crippen LogP contribution in [0, 0.1) is 0 Å². The average Bonchev–Trinajstić information content (AvgIpc) is 2.27. The van der Waals surface area contributed by atoms with E-state index in [-0.39, 0.29) is 11.9 Å². The largest absolute Gasteiger partial charge is 0.352 e. The van der Waals surface area contributed by atoms with Crippen LogP contribution in [0.1, 0.15) is 30.5 Å². The number of alkyl halides is 1. The maximum atomic E-state index is 11.2. The van der Waals surface area contributed by atoms with Crippen molar-refractivity contribution in [1.29, 1.82) is 0 Å². The minimum Gasteiger partial charge on any atom is -0.352 e. The lowest BCUT2D eigenvalue weighted by Gasteiger charge is -2.09. The molecule has 4 heteroatoms. The van der Waals surface area contributed by atoms with Crippen molar-refractivity contribution in [3.05, 3.63) is 35.4 Å². The summed E-state index contributed by atoms with van der Waals surface area (Å²) in [4.78, 5) is 11.2. The van der Waals surface area contributed by atoms with Crippen molar-refractivity contribution in [2.24, 2.45) is 5.73 Å². The normalized spacial score (nSPS) is 12.2. The van der Waals surface area contributed by atoms with E-state index in [1.165, 1.54) is 0 Å². The smallest absolute Gasteiger partial charge is 0.221 e. The third kappa shape index (κ3) is 4.21. The molecule has 88 valence electrons. The zero-order valence-corrected chi connectivity index (χ0v) is 10.1. The zero-order valence-electron chi connectivity index (χ0n) is 9.37. The van der Waals surface area contributed by atoms with Gasteiger partial charge in [-0.05, 0) is 18.1 Å². The molecule has 0 radical (unpaired) electrons. The predicted molar refractivity (Wildman–Crippen MR) is 66.2 cm³/mol. The van der Waals surface area contributed by atoms with Gasteiger partial charge >= 0.3 is 0 Å². The van der Waals surface area contributed by atoms with Crippen molar-refractivity contribution in [2.75, 3.05) is 5.88 Å². The van der Waals surface area contributed by atoms with E-state index < -0.39 is 0 Å². The van der Waals surface area contributed by atoms with Crippen molar-refractivity contribution < 1.29 is 4.79 Å². The number of carbonyl (C=O) groups is 1. The molecule has 3 N–H and O–H groups in total. The lowest BCUT2D eigenvalue weighted by atomic mass is 10.1. The first-order chi connectivity index (χ1) is 7.63. The number of nitrogens with one attached hydrogen (secondary N) is 1. The Morgan fingerprint density at radius 1 is 1.56 bits per heavy atom. The summed E-state index contributed by atoms with van der Waals surface area (Å²) in [5.41, 5.74) is 7.91. The van der Waals surface area contributed by atoms with Gasteiger partial charge in [-0.15, -0.1) is 11.6 Å². The molecule has 0 fully saturated rings. The van der Waals surface area contributed by atoms with Crippen LogP contribution in [0.15, 0.2) is 24.3 Å². The second-order valence-corrected chi connectivity index (χ2v) is 4.13. The van der Waals surface area contributed by atoms with Crippen LogP contribution >= 0.6 is 11.6 Å². The summed E-state index contributed by atoms with van der Waals surface area (Å²) >= 11 is 5.47. The summed E-state index contributed by atoms with van der Waals surface area (Å²) < 4.78 is 0. The van der Waals surface area contributed by atoms with E-state index in [9.17, 15) is 4.79 Å². The van der Waals surface area contributed by atoms with E-state index in [2.05, 4.69) is 5.32 Å². The van der Waals surface area contributed by atoms with Crippen LogP contribution in [0.4, 0.5) is 0 Å². The van der Waals surface area contributed by atoms with Crippen molar-refractivity contribution in [3.63, 3.8) is 0 Å². The Labute approximate surface area is 101 Å². The average molecular weight is 241 g/mol. The first-order valence-electron chi connectivity index (χ1n) is 5.30. The third-order valence-electron chi connectivity index (χ3n) is 2.29. The summed E-state index contributed by atoms with van der Waals surface area (Å²) in [6.45, 7) is 2.46. The number of hydrogen-bond donors (Lipinski definition) is 2. The minimum atomic E-state index is -0.0267. The Hall–Kier alpha value is -1.06. The van der Waals surface area contributed by atoms with Crippen molar-refractivity contribution in [3.8, 4) is 0 Å². The van der Waals surface area contributed by atoms with Crippen LogP contribution in [0.5, 0.6) is 0 Å². The molecule has 0 aliphatic rings. The molecule has 16 heavy (non-hydrogen) atoms. The zero-order chi connectivity index (χ0) is 12.0. The van der Waals surface area contributed by atoms with Gasteiger partial charge in [-0.25, -0.2) is 0 Å². The lowest BCUT2D eigenvalue weighted by Crippen LogP contribution is -2.22. The molecule has 1 atom stereocenters. The van der Waals surface area contributed by atoms with E-state index in [0.717, 1.165) is 11.1 Å². The van der Waals surface area contributed by atoms with Gasteiger partial charge in [0.2, 0.25) is 5.91 Å². The maximum absolute atomic E-state index is 11.2. The van der Waals surface area contributed by atoms with Crippen LogP contribution < -0.4 is 11.1 Å². The Balaban J connectivity index is 2.54. The second kappa shape index (κ2) is 6.51. The number of nitrogens with two attached hydrogens (primary N) is 1. The molecule has 0 heterocycles. The summed E-state index contributed by atoms with van der Waals surface area (Å²) in [6, 6.07) is 7.91. The molecule has 1 aromatic rings. The highest BCUT2D eigenvalue weighted by Crippen LogP contribution is 2.11. The quantitative estimate of drug-likeness (QED) is 0.773. The number of hydrogen-bond acceptors (Lipinski definition) is 2. The fourth-order valence-corrected chi connectivity index (χ4v) is 1.53. The van der Waals surface area contributed by atoms with Crippen molar-refractivity contribution in [2.45, 2.75) is 25.9 Å². The summed E-state index contributed by atoms with van der Waals surface area (Å²) in [5.74, 6) is 0.326. The SMILES string of the molecule is CC(N)c1cccc(CNC(=O)CCCl)c1. The first kappa shape index (κ1) is 13.0. The van der Waals surface area contributed by atoms with Gasteiger partial charge in [0, 0.05) is 24.9 Å². The minimum absolute atomic E-state index is 0.0125. The lowest BCUT2D eigenvalue weighted by molar-refractivity contribution is -0.120. The first-order valence-corrected chi connectivity index (χ1v) is 5.84. The van der Waals surface area contributed by atoms with E-state index in [1.807, 2.05) is 31.2 Å². The monoisotopic (exact) mass is 240 g/mol. The Bertz CT molecular complexity index is 353. The van der Waals surface area contributed by atoms with Gasteiger partial charge in [0.25, 0.3) is 0 Å². The molecule has 1 amide bonds. The van der Waals surface area contributed by atoms with Gasteiger partial charge in [0.15, 0.2) is 0 Å². The van der Waals surface area contributed by atoms with E-state index in [4.69, 9.17) is 17.3 Å². The van der Waals surface area contributed by atoms with Crippen LogP contribution in [-0.4, -0.2) is 11.8 Å². The van der Waals surface area contributed by atoms with Gasteiger partial charge in [-0.1, -0.05) is 24.3 Å². The summed E-state index contributed by atoms with van der Waals surface area (Å²) in [6.07, 6.45) is 0.356. The standard InChI is InChI=1S/C12H17ClN2O/c1-9(14)11-4-2-3-10(7-11)8-15-12(16)5-6-13/h2-4,7,9H,5-6,8,14H2,1H3,(H,15,16). The third-order valence-corrected chi connectivity index (χ3v) is 2.48. The highest BCUT2D eigenvalue weighted by Gasteiger charge is 2.02. The molecule has 3 nitrogen and oxygen atoms in total. The van der Waals surface area contributed by atoms with Crippen LogP contribution in [0.25, 0.3) is 0 Å². The molecule has 1 unspecified atom stereocenters. The van der Waals surface area contributed by atoms with Gasteiger partial charge < -0.3 is 11.1 Å². The molecule has 0 bridgehead atoms. The molecule has 0 aliphatic carbocycles. The fraction of sp³-hybridized carbons (Fsp3) is 0.417. The molecule has 0 spiro atoms. The molecule has 0 saturated heterocycles.